The molecule has 1 aromatic carbocycles. The number of ether oxygens (including phenoxy) is 1. The van der Waals surface area contributed by atoms with Gasteiger partial charge in [-0.3, -0.25) is 0 Å². The summed E-state index contributed by atoms with van der Waals surface area (Å²) in [5, 5.41) is 0. The largest absolute Gasteiger partial charge is 0.463 e. The molecule has 6 nitrogen and oxygen atoms in total. The molecule has 0 saturated heterocycles. The molecule has 0 atom stereocenters. The van der Waals surface area contributed by atoms with Crippen molar-refractivity contribution >= 4 is 12.0 Å². The fourth-order valence-electron chi connectivity index (χ4n) is 1.68. The molecule has 0 radical (unpaired) electrons. The Hall–Kier alpha value is -2.44. The van der Waals surface area contributed by atoms with Crippen LogP contribution in [0.4, 0.5) is 0 Å². The van der Waals surface area contributed by atoms with Crippen LogP contribution in [0.1, 0.15) is 18.1 Å². The third-order valence-corrected chi connectivity index (χ3v) is 2.60. The highest BCUT2D eigenvalue weighted by molar-refractivity contribution is 5.86. The van der Waals surface area contributed by atoms with Gasteiger partial charge in [0, 0.05) is 25.0 Å². The zero-order valence-electron chi connectivity index (χ0n) is 11.8. The molecule has 1 aromatic heterocycles. The molecule has 4 N–H and O–H groups in total. The first-order chi connectivity index (χ1) is 9.28. The fourth-order valence-corrected chi connectivity index (χ4v) is 1.68. The number of carbonyl (C=O) groups excluding carboxylic acids is 1. The van der Waals surface area contributed by atoms with Crippen LogP contribution in [0.25, 0.3) is 6.08 Å². The molecule has 0 aliphatic carbocycles. The molecule has 0 aliphatic heterocycles. The van der Waals surface area contributed by atoms with E-state index >= 15 is 0 Å². The number of hydrogen-bond donors (Lipinski definition) is 0. The van der Waals surface area contributed by atoms with Gasteiger partial charge >= 0.3 is 5.97 Å². The van der Waals surface area contributed by atoms with Crippen molar-refractivity contribution in [2.75, 3.05) is 6.61 Å². The molecular weight excluding hydrogens is 272 g/mol. The maximum absolute atomic E-state index is 11.2. The standard InChI is InChI=1S/C15H16N2O2.2H2O/c1-2-19-15(18)8-7-13-3-5-14(6-4-13)11-17-10-9-16-12-17;;/h3-10,12H,2,11H2,1H3;2*1H2/b8-7+;;. The SMILES string of the molecule is CCOC(=O)/C=C/c1ccc(Cn2ccnc2)cc1.O.O. The van der Waals surface area contributed by atoms with Gasteiger partial charge in [-0.2, -0.15) is 0 Å². The number of imidazole rings is 1. The van der Waals surface area contributed by atoms with Crippen LogP contribution in [0.15, 0.2) is 49.1 Å². The zero-order valence-corrected chi connectivity index (χ0v) is 11.8. The Balaban J connectivity index is 0.00000200. The van der Waals surface area contributed by atoms with Crippen LogP contribution in [-0.2, 0) is 16.1 Å². The minimum absolute atomic E-state index is 0. The first-order valence-electron chi connectivity index (χ1n) is 6.17. The van der Waals surface area contributed by atoms with E-state index in [0.717, 1.165) is 12.1 Å². The van der Waals surface area contributed by atoms with Crippen molar-refractivity contribution in [1.29, 1.82) is 0 Å². The number of rotatable bonds is 5. The molecule has 2 aromatic rings. The zero-order chi connectivity index (χ0) is 13.5. The second-order valence-corrected chi connectivity index (χ2v) is 4.06. The third-order valence-electron chi connectivity index (χ3n) is 2.60. The normalized spacial score (nSPS) is 9.76. The van der Waals surface area contributed by atoms with Crippen LogP contribution in [0.3, 0.4) is 0 Å². The molecule has 1 heterocycles. The van der Waals surface area contributed by atoms with Crippen molar-refractivity contribution in [2.24, 2.45) is 0 Å². The summed E-state index contributed by atoms with van der Waals surface area (Å²) in [6, 6.07) is 8.01. The maximum atomic E-state index is 11.2. The number of carbonyl (C=O) groups is 1. The Labute approximate surface area is 123 Å². The summed E-state index contributed by atoms with van der Waals surface area (Å²) in [6.07, 6.45) is 8.66. The van der Waals surface area contributed by atoms with E-state index in [0.29, 0.717) is 6.61 Å². The van der Waals surface area contributed by atoms with E-state index in [-0.39, 0.29) is 16.9 Å². The van der Waals surface area contributed by atoms with Gasteiger partial charge in [0.05, 0.1) is 12.9 Å². The number of aromatic nitrogens is 2. The summed E-state index contributed by atoms with van der Waals surface area (Å²) in [7, 11) is 0. The lowest BCUT2D eigenvalue weighted by atomic mass is 10.1. The van der Waals surface area contributed by atoms with Crippen LogP contribution < -0.4 is 0 Å². The van der Waals surface area contributed by atoms with Gasteiger partial charge in [-0.25, -0.2) is 9.78 Å². The van der Waals surface area contributed by atoms with Gasteiger partial charge in [-0.1, -0.05) is 24.3 Å². The number of benzene rings is 1. The minimum Gasteiger partial charge on any atom is -0.463 e. The third kappa shape index (κ3) is 6.03. The van der Waals surface area contributed by atoms with Crippen LogP contribution in [0.2, 0.25) is 0 Å². The summed E-state index contributed by atoms with van der Waals surface area (Å²) in [5.41, 5.74) is 2.16. The Morgan fingerprint density at radius 2 is 2.00 bits per heavy atom. The second kappa shape index (κ2) is 9.46. The van der Waals surface area contributed by atoms with E-state index in [1.807, 2.05) is 35.0 Å². The fraction of sp³-hybridized carbons (Fsp3) is 0.200. The molecule has 114 valence electrons. The number of hydrogen-bond acceptors (Lipinski definition) is 3. The highest BCUT2D eigenvalue weighted by Crippen LogP contribution is 2.08. The van der Waals surface area contributed by atoms with Gasteiger partial charge in [-0.15, -0.1) is 0 Å². The van der Waals surface area contributed by atoms with Gasteiger partial charge < -0.3 is 20.3 Å². The van der Waals surface area contributed by atoms with Gasteiger partial charge in [0.1, 0.15) is 0 Å². The quantitative estimate of drug-likeness (QED) is 0.602. The minimum atomic E-state index is -0.315. The first kappa shape index (κ1) is 18.6. The predicted molar refractivity (Wildman–Crippen MR) is 80.7 cm³/mol. The summed E-state index contributed by atoms with van der Waals surface area (Å²) in [5.74, 6) is -0.315. The Morgan fingerprint density at radius 1 is 1.29 bits per heavy atom. The molecule has 0 aliphatic rings. The van der Waals surface area contributed by atoms with Crippen LogP contribution in [0, 0.1) is 0 Å². The average molecular weight is 292 g/mol. The van der Waals surface area contributed by atoms with Gasteiger partial charge in [0.2, 0.25) is 0 Å². The van der Waals surface area contributed by atoms with Crippen LogP contribution in [0.5, 0.6) is 0 Å². The molecule has 0 saturated carbocycles. The predicted octanol–water partition coefficient (Wildman–Crippen LogP) is 0.858. The smallest absolute Gasteiger partial charge is 0.330 e. The van der Waals surface area contributed by atoms with E-state index in [1.54, 1.807) is 25.5 Å². The molecule has 2 rings (SSSR count). The van der Waals surface area contributed by atoms with Gasteiger partial charge in [0.15, 0.2) is 0 Å². The average Bonchev–Trinajstić information content (AvgIpc) is 2.91. The van der Waals surface area contributed by atoms with E-state index < -0.39 is 0 Å². The second-order valence-electron chi connectivity index (χ2n) is 4.06. The van der Waals surface area contributed by atoms with Crippen LogP contribution in [-0.4, -0.2) is 33.1 Å². The molecule has 0 spiro atoms. The Bertz CT molecular complexity index is 548. The number of nitrogens with zero attached hydrogens (tertiary/aromatic N) is 2. The summed E-state index contributed by atoms with van der Waals surface area (Å²) in [6.45, 7) is 2.98. The molecule has 0 amide bonds. The lowest BCUT2D eigenvalue weighted by Crippen LogP contribution is -1.98. The van der Waals surface area contributed by atoms with Crippen LogP contribution >= 0.6 is 0 Å². The molecule has 0 unspecified atom stereocenters. The van der Waals surface area contributed by atoms with Gasteiger partial charge in [0.25, 0.3) is 0 Å². The lowest BCUT2D eigenvalue weighted by molar-refractivity contribution is -0.137. The van der Waals surface area contributed by atoms with Gasteiger partial charge in [-0.05, 0) is 24.1 Å². The molecule has 6 heteroatoms. The molecule has 0 bridgehead atoms. The highest BCUT2D eigenvalue weighted by Gasteiger charge is 1.96. The van der Waals surface area contributed by atoms with E-state index in [4.69, 9.17) is 4.74 Å². The maximum Gasteiger partial charge on any atom is 0.330 e. The molecular formula is C15H20N2O4. The van der Waals surface area contributed by atoms with Crippen molar-refractivity contribution in [3.05, 3.63) is 60.2 Å². The summed E-state index contributed by atoms with van der Waals surface area (Å²) >= 11 is 0. The van der Waals surface area contributed by atoms with E-state index in [2.05, 4.69) is 4.98 Å². The van der Waals surface area contributed by atoms with E-state index in [1.165, 1.54) is 11.6 Å². The number of esters is 1. The lowest BCUT2D eigenvalue weighted by Gasteiger charge is -2.02. The van der Waals surface area contributed by atoms with E-state index in [9.17, 15) is 4.79 Å². The monoisotopic (exact) mass is 292 g/mol. The molecule has 0 fully saturated rings. The summed E-state index contributed by atoms with van der Waals surface area (Å²) in [4.78, 5) is 15.2. The first-order valence-corrected chi connectivity index (χ1v) is 6.17. The van der Waals surface area contributed by atoms with Crippen molar-refractivity contribution in [2.45, 2.75) is 13.5 Å². The van der Waals surface area contributed by atoms with Crippen molar-refractivity contribution in [3.63, 3.8) is 0 Å². The topological polar surface area (TPSA) is 107 Å². The summed E-state index contributed by atoms with van der Waals surface area (Å²) < 4.78 is 6.82. The Morgan fingerprint density at radius 3 is 2.57 bits per heavy atom. The van der Waals surface area contributed by atoms with Crippen molar-refractivity contribution in [3.8, 4) is 0 Å². The highest BCUT2D eigenvalue weighted by atomic mass is 16.5. The molecule has 21 heavy (non-hydrogen) atoms. The van der Waals surface area contributed by atoms with Crippen molar-refractivity contribution in [1.82, 2.24) is 9.55 Å². The van der Waals surface area contributed by atoms with Crippen molar-refractivity contribution < 1.29 is 20.5 Å². The Kier molecular flexibility index (Phi) is 8.36.